The average molecular weight is 288 g/mol. The van der Waals surface area contributed by atoms with Crippen LogP contribution in [0, 0.1) is 28.4 Å². The summed E-state index contributed by atoms with van der Waals surface area (Å²) in [6, 6.07) is 7.69. The Morgan fingerprint density at radius 2 is 2.05 bits per heavy atom. The quantitative estimate of drug-likeness (QED) is 0.628. The highest BCUT2D eigenvalue weighted by atomic mass is 16.6. The normalized spacial score (nSPS) is 17.3. The summed E-state index contributed by atoms with van der Waals surface area (Å²) in [5, 5.41) is 20.4. The first-order valence-corrected chi connectivity index (χ1v) is 7.21. The van der Waals surface area contributed by atoms with E-state index in [1.54, 1.807) is 13.0 Å². The van der Waals surface area contributed by atoms with Crippen molar-refractivity contribution >= 4 is 11.4 Å². The van der Waals surface area contributed by atoms with Gasteiger partial charge in [-0.1, -0.05) is 19.1 Å². The summed E-state index contributed by atoms with van der Waals surface area (Å²) < 4.78 is 0. The lowest BCUT2D eigenvalue weighted by Gasteiger charge is -2.37. The van der Waals surface area contributed by atoms with Crippen LogP contribution in [0.25, 0.3) is 0 Å². The van der Waals surface area contributed by atoms with Gasteiger partial charge in [0.15, 0.2) is 0 Å². The smallest absolute Gasteiger partial charge is 0.295 e. The van der Waals surface area contributed by atoms with E-state index >= 15 is 0 Å². The molecule has 6 nitrogen and oxygen atoms in total. The van der Waals surface area contributed by atoms with Crippen LogP contribution in [0.15, 0.2) is 18.2 Å². The molecule has 1 aliphatic rings. The fourth-order valence-corrected chi connectivity index (χ4v) is 2.84. The highest BCUT2D eigenvalue weighted by Gasteiger charge is 2.27. The number of aryl methyl sites for hydroxylation is 1. The molecule has 0 aliphatic carbocycles. The molecule has 1 atom stereocenters. The van der Waals surface area contributed by atoms with Gasteiger partial charge in [0.05, 0.1) is 17.0 Å². The number of hydrogen-bond acceptors (Lipinski definition) is 5. The molecule has 21 heavy (non-hydrogen) atoms. The molecule has 0 aromatic heterocycles. The SMILES string of the molecule is CCC(C#N)N1CCN(c2cccc(C)c2[N+](=O)[O-])CC1. The molecule has 0 amide bonds. The summed E-state index contributed by atoms with van der Waals surface area (Å²) in [7, 11) is 0. The zero-order chi connectivity index (χ0) is 15.4. The fraction of sp³-hybridized carbons (Fsp3) is 0.533. The first-order chi connectivity index (χ1) is 10.1. The van der Waals surface area contributed by atoms with Gasteiger partial charge in [-0.25, -0.2) is 0 Å². The van der Waals surface area contributed by atoms with E-state index in [0.29, 0.717) is 24.3 Å². The molecule has 0 radical (unpaired) electrons. The molecule has 0 N–H and O–H groups in total. The van der Waals surface area contributed by atoms with Gasteiger partial charge in [0.2, 0.25) is 0 Å². The van der Waals surface area contributed by atoms with Crippen LogP contribution >= 0.6 is 0 Å². The first-order valence-electron chi connectivity index (χ1n) is 7.21. The van der Waals surface area contributed by atoms with Crippen LogP contribution in [0.5, 0.6) is 0 Å². The predicted octanol–water partition coefficient (Wildman–Crippen LogP) is 2.33. The van der Waals surface area contributed by atoms with Gasteiger partial charge < -0.3 is 4.90 Å². The Labute approximate surface area is 124 Å². The highest BCUT2D eigenvalue weighted by Crippen LogP contribution is 2.32. The Kier molecular flexibility index (Phi) is 4.76. The Balaban J connectivity index is 2.15. The predicted molar refractivity (Wildman–Crippen MR) is 81.3 cm³/mol. The molecule has 1 heterocycles. The molecule has 1 aromatic rings. The molecule has 112 valence electrons. The minimum absolute atomic E-state index is 0.0559. The number of nitrogens with zero attached hydrogens (tertiary/aromatic N) is 4. The van der Waals surface area contributed by atoms with Gasteiger partial charge in [-0.05, 0) is 19.4 Å². The van der Waals surface area contributed by atoms with E-state index in [9.17, 15) is 10.1 Å². The molecular weight excluding hydrogens is 268 g/mol. The minimum Gasteiger partial charge on any atom is -0.363 e. The number of nitriles is 1. The first kappa shape index (κ1) is 15.3. The molecule has 1 aromatic carbocycles. The van der Waals surface area contributed by atoms with Crippen LogP contribution < -0.4 is 4.90 Å². The molecule has 1 aliphatic heterocycles. The fourth-order valence-electron chi connectivity index (χ4n) is 2.84. The van der Waals surface area contributed by atoms with E-state index in [-0.39, 0.29) is 16.7 Å². The molecular formula is C15H20N4O2. The summed E-state index contributed by atoms with van der Waals surface area (Å²) >= 11 is 0. The third-order valence-electron chi connectivity index (χ3n) is 4.03. The van der Waals surface area contributed by atoms with Crippen molar-refractivity contribution < 1.29 is 4.92 Å². The summed E-state index contributed by atoms with van der Waals surface area (Å²) in [5.74, 6) is 0. The standard InChI is InChI=1S/C15H20N4O2/c1-3-13(11-16)17-7-9-18(10-8-17)14-6-4-5-12(2)15(14)19(20)21/h4-6,13H,3,7-10H2,1-2H3. The summed E-state index contributed by atoms with van der Waals surface area (Å²) in [5.41, 5.74) is 1.56. The maximum absolute atomic E-state index is 11.3. The minimum atomic E-state index is -0.304. The lowest BCUT2D eigenvalue weighted by molar-refractivity contribution is -0.384. The summed E-state index contributed by atoms with van der Waals surface area (Å²) in [6.45, 7) is 6.71. The maximum atomic E-state index is 11.3. The third kappa shape index (κ3) is 3.14. The number of para-hydroxylation sites is 1. The molecule has 1 saturated heterocycles. The van der Waals surface area contributed by atoms with Crippen LogP contribution in [0.3, 0.4) is 0 Å². The van der Waals surface area contributed by atoms with E-state index in [0.717, 1.165) is 19.5 Å². The zero-order valence-electron chi connectivity index (χ0n) is 12.5. The Bertz CT molecular complexity index is 559. The van der Waals surface area contributed by atoms with E-state index in [1.165, 1.54) is 0 Å². The molecule has 0 saturated carbocycles. The molecule has 1 fully saturated rings. The topological polar surface area (TPSA) is 73.4 Å². The van der Waals surface area contributed by atoms with Gasteiger partial charge in [-0.15, -0.1) is 0 Å². The van der Waals surface area contributed by atoms with Gasteiger partial charge in [0, 0.05) is 31.7 Å². The Morgan fingerprint density at radius 3 is 2.57 bits per heavy atom. The summed E-state index contributed by atoms with van der Waals surface area (Å²) in [6.07, 6.45) is 0.807. The second-order valence-corrected chi connectivity index (χ2v) is 5.28. The number of rotatable bonds is 4. The molecule has 6 heteroatoms. The van der Waals surface area contributed by atoms with Gasteiger partial charge in [0.1, 0.15) is 5.69 Å². The van der Waals surface area contributed by atoms with Crippen molar-refractivity contribution in [2.45, 2.75) is 26.3 Å². The van der Waals surface area contributed by atoms with Gasteiger partial charge in [-0.3, -0.25) is 15.0 Å². The lowest BCUT2D eigenvalue weighted by atomic mass is 10.1. The lowest BCUT2D eigenvalue weighted by Crippen LogP contribution is -2.50. The number of nitro benzene ring substituents is 1. The third-order valence-corrected chi connectivity index (χ3v) is 4.03. The van der Waals surface area contributed by atoms with Crippen LogP contribution in [0.4, 0.5) is 11.4 Å². The van der Waals surface area contributed by atoms with Crippen molar-refractivity contribution in [3.8, 4) is 6.07 Å². The number of nitro groups is 1. The second-order valence-electron chi connectivity index (χ2n) is 5.28. The van der Waals surface area contributed by atoms with E-state index < -0.39 is 0 Å². The van der Waals surface area contributed by atoms with Crippen LogP contribution in [-0.4, -0.2) is 42.0 Å². The number of anilines is 1. The van der Waals surface area contributed by atoms with E-state index in [2.05, 4.69) is 11.0 Å². The van der Waals surface area contributed by atoms with Crippen molar-refractivity contribution in [3.05, 3.63) is 33.9 Å². The van der Waals surface area contributed by atoms with Crippen molar-refractivity contribution in [1.29, 1.82) is 5.26 Å². The van der Waals surface area contributed by atoms with Gasteiger partial charge in [0.25, 0.3) is 5.69 Å². The van der Waals surface area contributed by atoms with Gasteiger partial charge >= 0.3 is 0 Å². The van der Waals surface area contributed by atoms with Crippen molar-refractivity contribution in [1.82, 2.24) is 4.90 Å². The monoisotopic (exact) mass is 288 g/mol. The molecule has 1 unspecified atom stereocenters. The van der Waals surface area contributed by atoms with Gasteiger partial charge in [-0.2, -0.15) is 5.26 Å². The maximum Gasteiger partial charge on any atom is 0.295 e. The molecule has 0 spiro atoms. The van der Waals surface area contributed by atoms with Crippen LogP contribution in [0.2, 0.25) is 0 Å². The molecule has 2 rings (SSSR count). The number of benzene rings is 1. The van der Waals surface area contributed by atoms with E-state index in [1.807, 2.05) is 24.0 Å². The van der Waals surface area contributed by atoms with E-state index in [4.69, 9.17) is 5.26 Å². The molecule has 0 bridgehead atoms. The van der Waals surface area contributed by atoms with Crippen molar-refractivity contribution in [3.63, 3.8) is 0 Å². The number of hydrogen-bond donors (Lipinski definition) is 0. The average Bonchev–Trinajstić information content (AvgIpc) is 2.48. The zero-order valence-corrected chi connectivity index (χ0v) is 12.5. The Morgan fingerprint density at radius 1 is 1.38 bits per heavy atom. The number of piperazine rings is 1. The van der Waals surface area contributed by atoms with Crippen LogP contribution in [0.1, 0.15) is 18.9 Å². The summed E-state index contributed by atoms with van der Waals surface area (Å²) in [4.78, 5) is 15.2. The van der Waals surface area contributed by atoms with Crippen molar-refractivity contribution in [2.75, 3.05) is 31.1 Å². The largest absolute Gasteiger partial charge is 0.363 e. The van der Waals surface area contributed by atoms with Crippen molar-refractivity contribution in [2.24, 2.45) is 0 Å². The second kappa shape index (κ2) is 6.55. The highest BCUT2D eigenvalue weighted by molar-refractivity contribution is 5.66. The van der Waals surface area contributed by atoms with Crippen LogP contribution in [-0.2, 0) is 0 Å². The Hall–Kier alpha value is -2.13.